The molecule has 0 aliphatic rings. The van der Waals surface area contributed by atoms with Crippen molar-refractivity contribution in [2.45, 2.75) is 37.7 Å². The van der Waals surface area contributed by atoms with E-state index in [9.17, 15) is 24.2 Å². The summed E-state index contributed by atoms with van der Waals surface area (Å²) in [6.07, 6.45) is 0.312. The molecule has 3 N–H and O–H groups in total. The van der Waals surface area contributed by atoms with Crippen LogP contribution in [-0.2, 0) is 6.42 Å². The number of phenols is 1. The van der Waals surface area contributed by atoms with E-state index in [0.29, 0.717) is 17.7 Å². The molecule has 0 fully saturated rings. The maximum absolute atomic E-state index is 13.9. The number of rotatable bonds is 10. The number of aromatic hydroxyl groups is 1. The lowest BCUT2D eigenvalue weighted by Crippen LogP contribution is -2.20. The molecule has 0 aliphatic carbocycles. The molecule has 156 valence electrons. The van der Waals surface area contributed by atoms with Gasteiger partial charge in [0.15, 0.2) is 5.78 Å². The van der Waals surface area contributed by atoms with Gasteiger partial charge in [0.1, 0.15) is 23.9 Å². The van der Waals surface area contributed by atoms with Crippen LogP contribution in [0.1, 0.15) is 46.5 Å². The maximum atomic E-state index is 13.9. The molecule has 29 heavy (non-hydrogen) atoms. The molecular formula is C21H23FO6S. The van der Waals surface area contributed by atoms with Gasteiger partial charge in [-0.3, -0.25) is 4.79 Å². The van der Waals surface area contributed by atoms with Crippen molar-refractivity contribution >= 4 is 23.5 Å². The number of carboxylic acids is 1. The normalized spacial score (nSPS) is 11.9. The summed E-state index contributed by atoms with van der Waals surface area (Å²) in [4.78, 5) is 22.7. The van der Waals surface area contributed by atoms with Crippen LogP contribution in [0.3, 0.4) is 0 Å². The van der Waals surface area contributed by atoms with Crippen molar-refractivity contribution in [1.82, 2.24) is 0 Å². The highest BCUT2D eigenvalue weighted by atomic mass is 32.2. The number of carbonyl (C=O) groups excluding carboxylic acids is 1. The van der Waals surface area contributed by atoms with Crippen molar-refractivity contribution in [3.63, 3.8) is 0 Å². The van der Waals surface area contributed by atoms with Gasteiger partial charge in [-0.15, -0.1) is 11.8 Å². The number of aromatic carboxylic acids is 1. The van der Waals surface area contributed by atoms with Crippen LogP contribution in [0.4, 0.5) is 4.39 Å². The average molecular weight is 422 g/mol. The van der Waals surface area contributed by atoms with Crippen molar-refractivity contribution in [2.75, 3.05) is 12.4 Å². The quantitative estimate of drug-likeness (QED) is 0.394. The molecule has 0 amide bonds. The number of thioether (sulfide) groups is 1. The third-order valence-corrected chi connectivity index (χ3v) is 5.35. The highest BCUT2D eigenvalue weighted by molar-refractivity contribution is 7.99. The zero-order valence-corrected chi connectivity index (χ0v) is 17.0. The van der Waals surface area contributed by atoms with E-state index >= 15 is 0 Å². The SMILES string of the molecule is CCCc1c(OCC(O)CSc2ccc(C(=O)O)cc2F)ccc(C(C)=O)c1O. The van der Waals surface area contributed by atoms with Gasteiger partial charge in [-0.05, 0) is 43.7 Å². The molecule has 8 heteroatoms. The average Bonchev–Trinajstić information content (AvgIpc) is 2.67. The molecule has 2 rings (SSSR count). The van der Waals surface area contributed by atoms with Crippen LogP contribution in [-0.4, -0.2) is 45.5 Å². The molecule has 0 radical (unpaired) electrons. The first-order valence-corrected chi connectivity index (χ1v) is 10.0. The summed E-state index contributed by atoms with van der Waals surface area (Å²) in [5.74, 6) is -1.73. The van der Waals surface area contributed by atoms with Gasteiger partial charge in [0.25, 0.3) is 0 Å². The lowest BCUT2D eigenvalue weighted by atomic mass is 10.0. The Kier molecular flexibility index (Phi) is 8.04. The first kappa shape index (κ1) is 22.7. The number of carboxylic acid groups (broad SMARTS) is 1. The van der Waals surface area contributed by atoms with Crippen LogP contribution in [0.5, 0.6) is 11.5 Å². The molecule has 1 unspecified atom stereocenters. The Morgan fingerprint density at radius 3 is 2.55 bits per heavy atom. The lowest BCUT2D eigenvalue weighted by molar-refractivity contribution is 0.0696. The van der Waals surface area contributed by atoms with Crippen molar-refractivity contribution in [1.29, 1.82) is 0 Å². The fraction of sp³-hybridized carbons (Fsp3) is 0.333. The zero-order chi connectivity index (χ0) is 21.6. The molecule has 6 nitrogen and oxygen atoms in total. The predicted molar refractivity (Wildman–Crippen MR) is 108 cm³/mol. The molecule has 0 aromatic heterocycles. The molecule has 0 heterocycles. The molecular weight excluding hydrogens is 399 g/mol. The lowest BCUT2D eigenvalue weighted by Gasteiger charge is -2.17. The summed E-state index contributed by atoms with van der Waals surface area (Å²) in [5.41, 5.74) is 0.584. The largest absolute Gasteiger partial charge is 0.507 e. The molecule has 0 bridgehead atoms. The molecule has 1 atom stereocenters. The topological polar surface area (TPSA) is 104 Å². The molecule has 0 spiro atoms. The van der Waals surface area contributed by atoms with E-state index in [1.165, 1.54) is 25.1 Å². The molecule has 0 saturated carbocycles. The summed E-state index contributed by atoms with van der Waals surface area (Å²) in [6.45, 7) is 3.21. The maximum Gasteiger partial charge on any atom is 0.335 e. The van der Waals surface area contributed by atoms with E-state index in [4.69, 9.17) is 9.84 Å². The van der Waals surface area contributed by atoms with Crippen LogP contribution in [0, 0.1) is 5.82 Å². The van der Waals surface area contributed by atoms with Gasteiger partial charge in [0.05, 0.1) is 17.2 Å². The van der Waals surface area contributed by atoms with E-state index in [0.717, 1.165) is 24.2 Å². The fourth-order valence-corrected chi connectivity index (χ4v) is 3.53. The minimum absolute atomic E-state index is 0.0859. The van der Waals surface area contributed by atoms with Crippen LogP contribution >= 0.6 is 11.8 Å². The number of aliphatic hydroxyl groups excluding tert-OH is 1. The number of hydrogen-bond donors (Lipinski definition) is 3. The van der Waals surface area contributed by atoms with Crippen LogP contribution in [0.2, 0.25) is 0 Å². The second-order valence-electron chi connectivity index (χ2n) is 6.47. The Hall–Kier alpha value is -2.58. The number of aliphatic hydroxyl groups is 1. The van der Waals surface area contributed by atoms with E-state index in [-0.39, 0.29) is 39.9 Å². The van der Waals surface area contributed by atoms with Crippen molar-refractivity contribution < 1.29 is 34.0 Å². The Labute approximate surface area is 172 Å². The number of phenolic OH excluding ortho intramolecular Hbond substituents is 1. The van der Waals surface area contributed by atoms with E-state index in [1.54, 1.807) is 6.07 Å². The smallest absolute Gasteiger partial charge is 0.335 e. The third-order valence-electron chi connectivity index (χ3n) is 4.16. The molecule has 0 saturated heterocycles. The Morgan fingerprint density at radius 2 is 1.97 bits per heavy atom. The van der Waals surface area contributed by atoms with Gasteiger partial charge in [-0.2, -0.15) is 0 Å². The summed E-state index contributed by atoms with van der Waals surface area (Å²) in [5, 5.41) is 29.3. The van der Waals surface area contributed by atoms with Gasteiger partial charge in [-0.1, -0.05) is 13.3 Å². The predicted octanol–water partition coefficient (Wildman–Crippen LogP) is 3.92. The van der Waals surface area contributed by atoms with Crippen molar-refractivity contribution in [3.8, 4) is 11.5 Å². The van der Waals surface area contributed by atoms with E-state index in [1.807, 2.05) is 6.92 Å². The highest BCUT2D eigenvalue weighted by Crippen LogP contribution is 2.33. The Morgan fingerprint density at radius 1 is 1.24 bits per heavy atom. The van der Waals surface area contributed by atoms with Crippen LogP contribution in [0.15, 0.2) is 35.2 Å². The van der Waals surface area contributed by atoms with Crippen LogP contribution < -0.4 is 4.74 Å². The fourth-order valence-electron chi connectivity index (χ4n) is 2.70. The second kappa shape index (κ2) is 10.3. The summed E-state index contributed by atoms with van der Waals surface area (Å²) < 4.78 is 19.6. The van der Waals surface area contributed by atoms with Gasteiger partial charge in [0.2, 0.25) is 0 Å². The number of halogens is 1. The Bertz CT molecular complexity index is 899. The van der Waals surface area contributed by atoms with Crippen molar-refractivity contribution in [3.05, 3.63) is 52.8 Å². The van der Waals surface area contributed by atoms with E-state index in [2.05, 4.69) is 0 Å². The van der Waals surface area contributed by atoms with Gasteiger partial charge >= 0.3 is 5.97 Å². The number of ether oxygens (including phenoxy) is 1. The minimum Gasteiger partial charge on any atom is -0.507 e. The highest BCUT2D eigenvalue weighted by Gasteiger charge is 2.17. The summed E-state index contributed by atoms with van der Waals surface area (Å²) in [7, 11) is 0. The molecule has 0 aliphatic heterocycles. The number of hydrogen-bond acceptors (Lipinski definition) is 6. The Balaban J connectivity index is 2.00. The van der Waals surface area contributed by atoms with E-state index < -0.39 is 17.9 Å². The van der Waals surface area contributed by atoms with Crippen molar-refractivity contribution in [2.24, 2.45) is 0 Å². The zero-order valence-electron chi connectivity index (χ0n) is 16.1. The third kappa shape index (κ3) is 5.95. The minimum atomic E-state index is -1.21. The summed E-state index contributed by atoms with van der Waals surface area (Å²) in [6, 6.07) is 6.66. The number of carbonyl (C=O) groups is 2. The standard InChI is InChI=1S/C21H23FO6S/c1-3-4-16-18(7-6-15(12(2)23)20(16)25)28-10-14(24)11-29-19-8-5-13(21(26)27)9-17(19)22/h5-9,14,24-25H,3-4,10-11H2,1-2H3,(H,26,27). The van der Waals surface area contributed by atoms with Crippen LogP contribution in [0.25, 0.3) is 0 Å². The van der Waals surface area contributed by atoms with Gasteiger partial charge in [0, 0.05) is 16.2 Å². The molecule has 2 aromatic carbocycles. The number of Topliss-reactive ketones (excluding diaryl/α,β-unsaturated/α-hetero) is 1. The van der Waals surface area contributed by atoms with Gasteiger partial charge in [-0.25, -0.2) is 9.18 Å². The molecule has 2 aromatic rings. The van der Waals surface area contributed by atoms with Gasteiger partial charge < -0.3 is 20.1 Å². The second-order valence-corrected chi connectivity index (χ2v) is 7.53. The monoisotopic (exact) mass is 422 g/mol. The number of benzene rings is 2. The first-order chi connectivity index (χ1) is 13.7. The number of ketones is 1. The summed E-state index contributed by atoms with van der Waals surface area (Å²) >= 11 is 1.04. The first-order valence-electron chi connectivity index (χ1n) is 9.06.